The van der Waals surface area contributed by atoms with Gasteiger partial charge in [0, 0.05) is 4.83 Å². The Morgan fingerprint density at radius 1 is 1.47 bits per heavy atom. The van der Waals surface area contributed by atoms with Crippen molar-refractivity contribution >= 4 is 15.9 Å². The highest BCUT2D eigenvalue weighted by Crippen LogP contribution is 2.29. The largest absolute Gasteiger partial charge is 0.378 e. The Kier molecular flexibility index (Phi) is 4.15. The highest BCUT2D eigenvalue weighted by molar-refractivity contribution is 9.09. The van der Waals surface area contributed by atoms with E-state index in [4.69, 9.17) is 4.74 Å². The number of rotatable bonds is 3. The predicted molar refractivity (Wildman–Crippen MR) is 66.3 cm³/mol. The zero-order chi connectivity index (χ0) is 12.4. The first-order chi connectivity index (χ1) is 8.08. The summed E-state index contributed by atoms with van der Waals surface area (Å²) in [6.45, 7) is 2.72. The van der Waals surface area contributed by atoms with Gasteiger partial charge in [-0.05, 0) is 37.3 Å². The molecule has 1 saturated heterocycles. The Bertz CT molecular complexity index is 397. The van der Waals surface area contributed by atoms with Crippen molar-refractivity contribution in [2.24, 2.45) is 5.92 Å². The second-order valence-electron chi connectivity index (χ2n) is 4.57. The first kappa shape index (κ1) is 13.0. The molecule has 1 aliphatic rings. The molecule has 3 atom stereocenters. The molecule has 0 saturated carbocycles. The van der Waals surface area contributed by atoms with Gasteiger partial charge in [-0.15, -0.1) is 0 Å². The van der Waals surface area contributed by atoms with Crippen molar-refractivity contribution in [1.82, 2.24) is 0 Å². The van der Waals surface area contributed by atoms with E-state index in [1.54, 1.807) is 12.1 Å². The quantitative estimate of drug-likeness (QED) is 0.774. The molecular formula is C13H15BrF2O. The molecule has 1 fully saturated rings. The average Bonchev–Trinajstić information content (AvgIpc) is 2.72. The molecule has 0 amide bonds. The Morgan fingerprint density at radius 3 is 2.88 bits per heavy atom. The van der Waals surface area contributed by atoms with E-state index in [2.05, 4.69) is 15.9 Å². The molecule has 1 aliphatic heterocycles. The summed E-state index contributed by atoms with van der Waals surface area (Å²) in [4.78, 5) is 0.128. The van der Waals surface area contributed by atoms with Crippen LogP contribution < -0.4 is 0 Å². The van der Waals surface area contributed by atoms with Gasteiger partial charge in [-0.1, -0.05) is 28.1 Å². The second kappa shape index (κ2) is 5.44. The van der Waals surface area contributed by atoms with E-state index in [9.17, 15) is 8.78 Å². The van der Waals surface area contributed by atoms with E-state index >= 15 is 0 Å². The van der Waals surface area contributed by atoms with Gasteiger partial charge in [0.1, 0.15) is 0 Å². The number of benzene rings is 1. The summed E-state index contributed by atoms with van der Waals surface area (Å²) in [5.41, 5.74) is 0.423. The summed E-state index contributed by atoms with van der Waals surface area (Å²) in [7, 11) is 0. The van der Waals surface area contributed by atoms with Crippen molar-refractivity contribution in [3.8, 4) is 0 Å². The van der Waals surface area contributed by atoms with Crippen LogP contribution in [0.3, 0.4) is 0 Å². The predicted octanol–water partition coefficient (Wildman–Crippen LogP) is 3.70. The van der Waals surface area contributed by atoms with Gasteiger partial charge < -0.3 is 4.74 Å². The van der Waals surface area contributed by atoms with Crippen LogP contribution in [0.1, 0.15) is 18.9 Å². The number of ether oxygens (including phenoxy) is 1. The molecule has 0 bridgehead atoms. The molecule has 17 heavy (non-hydrogen) atoms. The van der Waals surface area contributed by atoms with Gasteiger partial charge in [0.15, 0.2) is 11.6 Å². The summed E-state index contributed by atoms with van der Waals surface area (Å²) in [6.07, 6.45) is 1.72. The van der Waals surface area contributed by atoms with Gasteiger partial charge in [-0.25, -0.2) is 8.78 Å². The molecule has 0 aliphatic carbocycles. The average molecular weight is 305 g/mol. The van der Waals surface area contributed by atoms with Gasteiger partial charge in [-0.3, -0.25) is 0 Å². The van der Waals surface area contributed by atoms with Crippen LogP contribution in [0, 0.1) is 17.6 Å². The maximum Gasteiger partial charge on any atom is 0.162 e. The van der Waals surface area contributed by atoms with Crippen molar-refractivity contribution < 1.29 is 13.5 Å². The smallest absolute Gasteiger partial charge is 0.162 e. The third-order valence-corrected chi connectivity index (χ3v) is 4.26. The molecule has 0 N–H and O–H groups in total. The van der Waals surface area contributed by atoms with E-state index in [0.29, 0.717) is 24.5 Å². The molecule has 1 aromatic carbocycles. The number of hydrogen-bond acceptors (Lipinski definition) is 1. The van der Waals surface area contributed by atoms with Gasteiger partial charge in [0.05, 0.1) is 12.7 Å². The van der Waals surface area contributed by atoms with E-state index in [1.807, 2.05) is 6.92 Å². The van der Waals surface area contributed by atoms with Crippen LogP contribution >= 0.6 is 15.9 Å². The third kappa shape index (κ3) is 3.05. The summed E-state index contributed by atoms with van der Waals surface area (Å²) in [5.74, 6) is -1.14. The number of halogens is 3. The summed E-state index contributed by atoms with van der Waals surface area (Å²) < 4.78 is 32.0. The molecule has 0 radical (unpaired) electrons. The topological polar surface area (TPSA) is 9.23 Å². The van der Waals surface area contributed by atoms with Crippen LogP contribution in [-0.4, -0.2) is 17.5 Å². The fraction of sp³-hybridized carbons (Fsp3) is 0.538. The summed E-state index contributed by atoms with van der Waals surface area (Å²) in [5, 5.41) is 0. The van der Waals surface area contributed by atoms with Crippen molar-refractivity contribution in [3.05, 3.63) is 35.4 Å². The normalized spacial score (nSPS) is 26.1. The monoisotopic (exact) mass is 304 g/mol. The first-order valence-electron chi connectivity index (χ1n) is 5.76. The van der Waals surface area contributed by atoms with Crippen LogP contribution in [-0.2, 0) is 11.2 Å². The molecule has 1 heterocycles. The van der Waals surface area contributed by atoms with Crippen LogP contribution in [0.5, 0.6) is 0 Å². The lowest BCUT2D eigenvalue weighted by atomic mass is 9.97. The van der Waals surface area contributed by atoms with Gasteiger partial charge in [-0.2, -0.15) is 0 Å². The van der Waals surface area contributed by atoms with Crippen LogP contribution in [0.25, 0.3) is 0 Å². The Labute approximate surface area is 108 Å². The van der Waals surface area contributed by atoms with Crippen LogP contribution in [0.15, 0.2) is 18.2 Å². The number of alkyl halides is 1. The zero-order valence-corrected chi connectivity index (χ0v) is 11.2. The van der Waals surface area contributed by atoms with Gasteiger partial charge >= 0.3 is 0 Å². The maximum atomic E-state index is 13.5. The van der Waals surface area contributed by atoms with Crippen LogP contribution in [0.4, 0.5) is 8.78 Å². The fourth-order valence-corrected chi connectivity index (χ4v) is 2.90. The molecule has 2 rings (SSSR count). The van der Waals surface area contributed by atoms with Gasteiger partial charge in [0.25, 0.3) is 0 Å². The minimum atomic E-state index is -0.779. The van der Waals surface area contributed by atoms with E-state index in [1.165, 1.54) is 0 Å². The molecule has 1 aromatic rings. The maximum absolute atomic E-state index is 13.5. The van der Waals surface area contributed by atoms with E-state index in [-0.39, 0.29) is 10.9 Å². The zero-order valence-electron chi connectivity index (χ0n) is 9.63. The summed E-state index contributed by atoms with van der Waals surface area (Å²) in [6, 6.07) is 4.32. The van der Waals surface area contributed by atoms with Crippen molar-refractivity contribution in [1.29, 1.82) is 0 Å². The Hall–Kier alpha value is -0.480. The third-order valence-electron chi connectivity index (χ3n) is 3.19. The molecule has 1 nitrogen and oxygen atoms in total. The minimum absolute atomic E-state index is 0.128. The molecule has 3 unspecified atom stereocenters. The lowest BCUT2D eigenvalue weighted by Gasteiger charge is -2.16. The van der Waals surface area contributed by atoms with Crippen molar-refractivity contribution in [2.75, 3.05) is 6.61 Å². The van der Waals surface area contributed by atoms with Crippen LogP contribution in [0.2, 0.25) is 0 Å². The lowest BCUT2D eigenvalue weighted by molar-refractivity contribution is 0.120. The van der Waals surface area contributed by atoms with Gasteiger partial charge in [0.2, 0.25) is 0 Å². The minimum Gasteiger partial charge on any atom is -0.378 e. The molecule has 0 spiro atoms. The highest BCUT2D eigenvalue weighted by atomic mass is 79.9. The number of hydrogen-bond donors (Lipinski definition) is 0. The lowest BCUT2D eigenvalue weighted by Crippen LogP contribution is -2.18. The molecule has 4 heteroatoms. The first-order valence-corrected chi connectivity index (χ1v) is 6.68. The standard InChI is InChI=1S/C13H15BrF2O/c1-8-5-10(7-17-8)11(14)6-9-3-2-4-12(15)13(9)16/h2-4,8,10-11H,5-7H2,1H3. The Balaban J connectivity index is 2.03. The van der Waals surface area contributed by atoms with Crippen molar-refractivity contribution in [2.45, 2.75) is 30.7 Å². The van der Waals surface area contributed by atoms with E-state index < -0.39 is 11.6 Å². The van der Waals surface area contributed by atoms with Crippen molar-refractivity contribution in [3.63, 3.8) is 0 Å². The van der Waals surface area contributed by atoms with E-state index in [0.717, 1.165) is 12.5 Å². The summed E-state index contributed by atoms with van der Waals surface area (Å²) >= 11 is 3.56. The molecule has 0 aromatic heterocycles. The fourth-order valence-electron chi connectivity index (χ4n) is 2.19. The highest BCUT2D eigenvalue weighted by Gasteiger charge is 2.28. The Morgan fingerprint density at radius 2 is 2.24 bits per heavy atom. The second-order valence-corrected chi connectivity index (χ2v) is 5.75. The molecule has 94 valence electrons. The SMILES string of the molecule is CC1CC(C(Br)Cc2cccc(F)c2F)CO1. The molecular weight excluding hydrogens is 290 g/mol.